The topological polar surface area (TPSA) is 82.8 Å². The van der Waals surface area contributed by atoms with Crippen LogP contribution in [0, 0.1) is 0 Å². The summed E-state index contributed by atoms with van der Waals surface area (Å²) in [5.74, 6) is -0.341. The van der Waals surface area contributed by atoms with Crippen LogP contribution in [0.25, 0.3) is 0 Å². The first-order valence-electron chi connectivity index (χ1n) is 6.37. The molecule has 5 nitrogen and oxygen atoms in total. The lowest BCUT2D eigenvalue weighted by Crippen LogP contribution is -2.30. The van der Waals surface area contributed by atoms with Crippen LogP contribution < -0.4 is 11.2 Å². The molecule has 5 heteroatoms. The molecule has 0 fully saturated rings. The third-order valence-electron chi connectivity index (χ3n) is 3.21. The van der Waals surface area contributed by atoms with Crippen LogP contribution in [0.1, 0.15) is 35.8 Å². The Hall–Kier alpha value is -2.43. The van der Waals surface area contributed by atoms with E-state index in [0.29, 0.717) is 24.8 Å². The number of aromatic nitrogens is 2. The molecule has 1 heterocycles. The molecule has 104 valence electrons. The maximum absolute atomic E-state index is 12.5. The van der Waals surface area contributed by atoms with Gasteiger partial charge in [-0.2, -0.15) is 0 Å². The maximum atomic E-state index is 12.5. The lowest BCUT2D eigenvalue weighted by atomic mass is 9.88. The predicted molar refractivity (Wildman–Crippen MR) is 77.0 cm³/mol. The molecular formula is C15H16N2O3. The Morgan fingerprint density at radius 2 is 1.95 bits per heavy atom. The number of carbonyl (C=O) groups is 1. The van der Waals surface area contributed by atoms with E-state index in [1.165, 1.54) is 0 Å². The van der Waals surface area contributed by atoms with Crippen molar-refractivity contribution in [1.29, 1.82) is 0 Å². The molecule has 0 spiro atoms. The number of carbonyl (C=O) groups excluding carboxylic acids is 1. The van der Waals surface area contributed by atoms with Gasteiger partial charge in [-0.1, -0.05) is 37.3 Å². The molecule has 20 heavy (non-hydrogen) atoms. The van der Waals surface area contributed by atoms with E-state index in [9.17, 15) is 14.4 Å². The second-order valence-corrected chi connectivity index (χ2v) is 4.88. The third-order valence-corrected chi connectivity index (χ3v) is 3.21. The van der Waals surface area contributed by atoms with Crippen molar-refractivity contribution >= 4 is 5.78 Å². The highest BCUT2D eigenvalue weighted by Crippen LogP contribution is 2.27. The first-order chi connectivity index (χ1) is 9.42. The Bertz CT molecular complexity index is 747. The van der Waals surface area contributed by atoms with Crippen LogP contribution in [0.2, 0.25) is 0 Å². The smallest absolute Gasteiger partial charge is 0.304 e. The van der Waals surface area contributed by atoms with Gasteiger partial charge in [-0.3, -0.25) is 14.6 Å². The van der Waals surface area contributed by atoms with Crippen molar-refractivity contribution in [1.82, 2.24) is 9.97 Å². The number of allylic oxidation sites excluding steroid dienone is 4. The molecule has 2 N–H and O–H groups in total. The summed E-state index contributed by atoms with van der Waals surface area (Å²) in [6.07, 6.45) is 3.18. The van der Waals surface area contributed by atoms with Crippen molar-refractivity contribution < 1.29 is 4.79 Å². The van der Waals surface area contributed by atoms with E-state index in [0.717, 1.165) is 11.1 Å². The zero-order valence-corrected chi connectivity index (χ0v) is 11.3. The molecule has 2 rings (SSSR count). The third kappa shape index (κ3) is 2.61. The van der Waals surface area contributed by atoms with Crippen molar-refractivity contribution in [3.05, 3.63) is 68.0 Å². The first-order valence-corrected chi connectivity index (χ1v) is 6.37. The zero-order chi connectivity index (χ0) is 14.9. The van der Waals surface area contributed by atoms with Crippen molar-refractivity contribution in [3.63, 3.8) is 0 Å². The Labute approximate surface area is 115 Å². The zero-order valence-electron chi connectivity index (χ0n) is 11.3. The Morgan fingerprint density at radius 1 is 1.25 bits per heavy atom. The average Bonchev–Trinajstić information content (AvgIpc) is 2.35. The van der Waals surface area contributed by atoms with Crippen LogP contribution in [0.3, 0.4) is 0 Å². The fourth-order valence-electron chi connectivity index (χ4n) is 2.35. The number of hydrogen-bond donors (Lipinski definition) is 2. The van der Waals surface area contributed by atoms with Crippen LogP contribution in [-0.4, -0.2) is 15.8 Å². The number of rotatable bonds is 3. The number of H-pyrrole nitrogens is 2. The van der Waals surface area contributed by atoms with Crippen LogP contribution in [0.5, 0.6) is 0 Å². The molecule has 0 bridgehead atoms. The molecule has 0 radical (unpaired) electrons. The first kappa shape index (κ1) is 14.0. The van der Waals surface area contributed by atoms with E-state index in [2.05, 4.69) is 23.1 Å². The van der Waals surface area contributed by atoms with Gasteiger partial charge in [0.1, 0.15) is 0 Å². The maximum Gasteiger partial charge on any atom is 0.326 e. The molecule has 0 aromatic carbocycles. The van der Waals surface area contributed by atoms with E-state index < -0.39 is 11.2 Å². The number of aromatic amines is 2. The predicted octanol–water partition coefficient (Wildman–Crippen LogP) is 1.64. The molecular weight excluding hydrogens is 256 g/mol. The minimum absolute atomic E-state index is 0.0648. The fraction of sp³-hybridized carbons (Fsp3) is 0.267. The summed E-state index contributed by atoms with van der Waals surface area (Å²) in [6.45, 7) is 9.47. The Kier molecular flexibility index (Phi) is 3.70. The van der Waals surface area contributed by atoms with Gasteiger partial charge in [-0.15, -0.1) is 0 Å². The second kappa shape index (κ2) is 5.28. The van der Waals surface area contributed by atoms with Gasteiger partial charge in [0.15, 0.2) is 0 Å². The van der Waals surface area contributed by atoms with E-state index in [1.807, 2.05) is 0 Å². The molecule has 1 aliphatic rings. The van der Waals surface area contributed by atoms with Crippen molar-refractivity contribution in [2.24, 2.45) is 0 Å². The summed E-state index contributed by atoms with van der Waals surface area (Å²) in [5, 5.41) is 0. The highest BCUT2D eigenvalue weighted by atomic mass is 16.2. The van der Waals surface area contributed by atoms with Crippen LogP contribution >= 0.6 is 0 Å². The van der Waals surface area contributed by atoms with Gasteiger partial charge in [-0.05, 0) is 19.3 Å². The van der Waals surface area contributed by atoms with Gasteiger partial charge in [0.2, 0.25) is 5.78 Å². The minimum Gasteiger partial charge on any atom is -0.304 e. The van der Waals surface area contributed by atoms with Gasteiger partial charge < -0.3 is 4.98 Å². The lowest BCUT2D eigenvalue weighted by Gasteiger charge is -2.16. The summed E-state index contributed by atoms with van der Waals surface area (Å²) in [5.41, 5.74) is 1.36. The Balaban J connectivity index is 2.54. The average molecular weight is 272 g/mol. The van der Waals surface area contributed by atoms with E-state index in [-0.39, 0.29) is 17.0 Å². The van der Waals surface area contributed by atoms with Gasteiger partial charge in [0.25, 0.3) is 5.56 Å². The minimum atomic E-state index is -0.676. The number of hydrogen-bond acceptors (Lipinski definition) is 3. The highest BCUT2D eigenvalue weighted by Gasteiger charge is 2.22. The summed E-state index contributed by atoms with van der Waals surface area (Å²) in [4.78, 5) is 40.2. The van der Waals surface area contributed by atoms with Crippen LogP contribution in [-0.2, 0) is 6.42 Å². The molecule has 0 atom stereocenters. The monoisotopic (exact) mass is 272 g/mol. The normalized spacial score (nSPS) is 15.2. The molecule has 0 amide bonds. The molecule has 0 saturated carbocycles. The van der Waals surface area contributed by atoms with Crippen molar-refractivity contribution in [2.75, 3.05) is 0 Å². The summed E-state index contributed by atoms with van der Waals surface area (Å²) >= 11 is 0. The van der Waals surface area contributed by atoms with Crippen molar-refractivity contribution in [3.8, 4) is 0 Å². The summed E-state index contributed by atoms with van der Waals surface area (Å²) < 4.78 is 0. The van der Waals surface area contributed by atoms with E-state index in [4.69, 9.17) is 0 Å². The molecule has 1 aliphatic carbocycles. The standard InChI is InChI=1S/C15H16N2O3/c1-4-11-12(16-15(20)17-14(11)19)13(18)10-6-8(2)5-9(3)7-10/h6H,2-5,7H2,1H3,(H2,16,17,19,20). The van der Waals surface area contributed by atoms with Crippen LogP contribution in [0.15, 0.2) is 45.5 Å². The van der Waals surface area contributed by atoms with Crippen molar-refractivity contribution in [2.45, 2.75) is 26.2 Å². The Morgan fingerprint density at radius 3 is 2.55 bits per heavy atom. The number of ketones is 1. The molecule has 0 saturated heterocycles. The SMILES string of the molecule is C=C1C=C(C(=O)c2[nH]c(=O)[nH]c(=O)c2CC)CC(=C)C1. The largest absolute Gasteiger partial charge is 0.326 e. The molecule has 0 unspecified atom stereocenters. The van der Waals surface area contributed by atoms with Gasteiger partial charge in [-0.25, -0.2) is 4.79 Å². The summed E-state index contributed by atoms with van der Waals surface area (Å²) in [6, 6.07) is 0. The van der Waals surface area contributed by atoms with E-state index in [1.54, 1.807) is 13.0 Å². The molecule has 1 aromatic rings. The number of Topliss-reactive ketones (excluding diaryl/α,β-unsaturated/α-hetero) is 1. The fourth-order valence-corrected chi connectivity index (χ4v) is 2.35. The highest BCUT2D eigenvalue weighted by molar-refractivity contribution is 6.09. The summed E-state index contributed by atoms with van der Waals surface area (Å²) in [7, 11) is 0. The van der Waals surface area contributed by atoms with E-state index >= 15 is 0 Å². The lowest BCUT2D eigenvalue weighted by molar-refractivity contribution is 0.102. The van der Waals surface area contributed by atoms with Gasteiger partial charge in [0, 0.05) is 11.1 Å². The van der Waals surface area contributed by atoms with Gasteiger partial charge in [0.05, 0.1) is 5.69 Å². The second-order valence-electron chi connectivity index (χ2n) is 4.88. The van der Waals surface area contributed by atoms with Gasteiger partial charge >= 0.3 is 5.69 Å². The van der Waals surface area contributed by atoms with Crippen LogP contribution in [0.4, 0.5) is 0 Å². The molecule has 1 aromatic heterocycles. The quantitative estimate of drug-likeness (QED) is 0.648. The number of nitrogens with one attached hydrogen (secondary N) is 2. The molecule has 0 aliphatic heterocycles.